The molecule has 3 nitrogen and oxygen atoms in total. The first kappa shape index (κ1) is 12.4. The second-order valence-electron chi connectivity index (χ2n) is 3.60. The van der Waals surface area contributed by atoms with Crippen LogP contribution in [0.3, 0.4) is 0 Å². The molecule has 0 bridgehead atoms. The average Bonchev–Trinajstić information content (AvgIpc) is 2.02. The summed E-state index contributed by atoms with van der Waals surface area (Å²) in [5.74, 6) is -0.747. The van der Waals surface area contributed by atoms with Crippen molar-refractivity contribution in [3.8, 4) is 0 Å². The van der Waals surface area contributed by atoms with Crippen LogP contribution in [0.2, 0.25) is 0 Å². The maximum Gasteiger partial charge on any atom is 0.223 e. The van der Waals surface area contributed by atoms with Gasteiger partial charge < -0.3 is 10.8 Å². The van der Waals surface area contributed by atoms with Crippen LogP contribution in [0, 0.1) is 5.92 Å². The summed E-state index contributed by atoms with van der Waals surface area (Å²) in [6.07, 6.45) is 4.56. The van der Waals surface area contributed by atoms with Gasteiger partial charge in [0.1, 0.15) is 0 Å². The minimum absolute atomic E-state index is 0.364. The van der Waals surface area contributed by atoms with Gasteiger partial charge in [0.25, 0.3) is 0 Å². The molecule has 0 rings (SSSR count). The Hall–Kier alpha value is -0.570. The molecule has 78 valence electrons. The molecule has 0 aromatic heterocycles. The predicted molar refractivity (Wildman–Crippen MR) is 53.1 cm³/mol. The minimum atomic E-state index is -0.612. The van der Waals surface area contributed by atoms with Crippen molar-refractivity contribution in [3.63, 3.8) is 0 Å². The second kappa shape index (κ2) is 6.89. The van der Waals surface area contributed by atoms with Gasteiger partial charge in [0.15, 0.2) is 0 Å². The van der Waals surface area contributed by atoms with Crippen LogP contribution in [-0.2, 0) is 4.79 Å². The highest BCUT2D eigenvalue weighted by Gasteiger charge is 2.19. The molecule has 0 aliphatic heterocycles. The first-order chi connectivity index (χ1) is 6.09. The van der Waals surface area contributed by atoms with Crippen molar-refractivity contribution in [2.75, 3.05) is 0 Å². The van der Waals surface area contributed by atoms with E-state index < -0.39 is 6.10 Å². The van der Waals surface area contributed by atoms with E-state index in [1.165, 1.54) is 12.8 Å². The first-order valence-electron chi connectivity index (χ1n) is 5.07. The van der Waals surface area contributed by atoms with Crippen LogP contribution in [0.4, 0.5) is 0 Å². The van der Waals surface area contributed by atoms with Gasteiger partial charge in [-0.25, -0.2) is 0 Å². The summed E-state index contributed by atoms with van der Waals surface area (Å²) in [5.41, 5.74) is 5.15. The summed E-state index contributed by atoms with van der Waals surface area (Å²) < 4.78 is 0. The lowest BCUT2D eigenvalue weighted by Gasteiger charge is -2.15. The van der Waals surface area contributed by atoms with Crippen molar-refractivity contribution in [1.82, 2.24) is 0 Å². The summed E-state index contributed by atoms with van der Waals surface area (Å²) in [5, 5.41) is 9.24. The van der Waals surface area contributed by atoms with Gasteiger partial charge in [0.05, 0.1) is 12.0 Å². The van der Waals surface area contributed by atoms with Gasteiger partial charge in [-0.15, -0.1) is 0 Å². The maximum absolute atomic E-state index is 10.9. The van der Waals surface area contributed by atoms with Crippen LogP contribution in [0.25, 0.3) is 0 Å². The molecule has 0 saturated heterocycles. The van der Waals surface area contributed by atoms with Gasteiger partial charge in [-0.1, -0.05) is 32.6 Å². The molecule has 1 amide bonds. The fourth-order valence-corrected chi connectivity index (χ4v) is 1.41. The molecule has 0 fully saturated rings. The van der Waals surface area contributed by atoms with Crippen molar-refractivity contribution in [1.29, 1.82) is 0 Å². The highest BCUT2D eigenvalue weighted by atomic mass is 16.3. The largest absolute Gasteiger partial charge is 0.393 e. The number of nitrogens with two attached hydrogens (primary N) is 1. The molecule has 2 unspecified atom stereocenters. The average molecular weight is 187 g/mol. The van der Waals surface area contributed by atoms with Gasteiger partial charge in [0, 0.05) is 0 Å². The number of amides is 1. The zero-order chi connectivity index (χ0) is 10.3. The zero-order valence-electron chi connectivity index (χ0n) is 8.62. The summed E-state index contributed by atoms with van der Waals surface area (Å²) in [6, 6.07) is 0. The standard InChI is InChI=1S/C10H21NO2/c1-3-4-5-6-7-9(8(2)12)10(11)13/h8-9,12H,3-7H2,1-2H3,(H2,11,13). The smallest absolute Gasteiger partial charge is 0.223 e. The highest BCUT2D eigenvalue weighted by Crippen LogP contribution is 2.14. The van der Waals surface area contributed by atoms with E-state index in [9.17, 15) is 9.90 Å². The van der Waals surface area contributed by atoms with E-state index in [2.05, 4.69) is 6.92 Å². The van der Waals surface area contributed by atoms with Crippen molar-refractivity contribution in [2.45, 2.75) is 52.1 Å². The van der Waals surface area contributed by atoms with Gasteiger partial charge in [-0.2, -0.15) is 0 Å². The molecule has 0 aliphatic rings. The maximum atomic E-state index is 10.9. The van der Waals surface area contributed by atoms with Gasteiger partial charge in [-0.3, -0.25) is 4.79 Å². The van der Waals surface area contributed by atoms with Crippen LogP contribution < -0.4 is 5.73 Å². The molecule has 0 aromatic carbocycles. The Morgan fingerprint density at radius 3 is 2.38 bits per heavy atom. The van der Waals surface area contributed by atoms with Crippen molar-refractivity contribution in [3.05, 3.63) is 0 Å². The predicted octanol–water partition coefficient (Wildman–Crippen LogP) is 1.44. The summed E-state index contributed by atoms with van der Waals surface area (Å²) in [6.45, 7) is 3.76. The van der Waals surface area contributed by atoms with Crippen LogP contribution in [0.5, 0.6) is 0 Å². The Labute approximate surface area is 80.3 Å². The van der Waals surface area contributed by atoms with E-state index in [0.29, 0.717) is 6.42 Å². The molecule has 13 heavy (non-hydrogen) atoms. The SMILES string of the molecule is CCCCCCC(C(N)=O)C(C)O. The summed E-state index contributed by atoms with van der Waals surface area (Å²) in [4.78, 5) is 10.9. The Kier molecular flexibility index (Phi) is 6.59. The fourth-order valence-electron chi connectivity index (χ4n) is 1.41. The third kappa shape index (κ3) is 5.64. The first-order valence-corrected chi connectivity index (χ1v) is 5.07. The van der Waals surface area contributed by atoms with Gasteiger partial charge in [-0.05, 0) is 13.3 Å². The topological polar surface area (TPSA) is 63.3 Å². The quantitative estimate of drug-likeness (QED) is 0.592. The molecule has 3 heteroatoms. The molecule has 2 atom stereocenters. The van der Waals surface area contributed by atoms with Crippen LogP contribution in [0.1, 0.15) is 46.0 Å². The third-order valence-corrected chi connectivity index (χ3v) is 2.32. The van der Waals surface area contributed by atoms with Crippen molar-refractivity contribution >= 4 is 5.91 Å². The lowest BCUT2D eigenvalue weighted by atomic mass is 9.95. The molecule has 0 radical (unpaired) electrons. The van der Waals surface area contributed by atoms with E-state index in [1.807, 2.05) is 0 Å². The van der Waals surface area contributed by atoms with Crippen LogP contribution in [0.15, 0.2) is 0 Å². The number of rotatable bonds is 7. The normalized spacial score (nSPS) is 15.3. The zero-order valence-corrected chi connectivity index (χ0v) is 8.62. The number of aliphatic hydroxyl groups excluding tert-OH is 1. The van der Waals surface area contributed by atoms with Crippen molar-refractivity contribution in [2.24, 2.45) is 11.7 Å². The number of primary amides is 1. The molecule has 0 aliphatic carbocycles. The molecular formula is C10H21NO2. The lowest BCUT2D eigenvalue weighted by molar-refractivity contribution is -0.125. The monoisotopic (exact) mass is 187 g/mol. The number of unbranched alkanes of at least 4 members (excludes halogenated alkanes) is 3. The third-order valence-electron chi connectivity index (χ3n) is 2.32. The van der Waals surface area contributed by atoms with E-state index in [1.54, 1.807) is 6.92 Å². The van der Waals surface area contributed by atoms with E-state index >= 15 is 0 Å². The van der Waals surface area contributed by atoms with Crippen molar-refractivity contribution < 1.29 is 9.90 Å². The molecule has 0 saturated carbocycles. The second-order valence-corrected chi connectivity index (χ2v) is 3.60. The highest BCUT2D eigenvalue weighted by molar-refractivity contribution is 5.77. The molecule has 0 aromatic rings. The van der Waals surface area contributed by atoms with E-state index in [0.717, 1.165) is 12.8 Å². The Morgan fingerprint density at radius 2 is 2.00 bits per heavy atom. The molecule has 0 heterocycles. The fraction of sp³-hybridized carbons (Fsp3) is 0.900. The minimum Gasteiger partial charge on any atom is -0.393 e. The van der Waals surface area contributed by atoms with E-state index in [-0.39, 0.29) is 11.8 Å². The number of hydrogen-bond acceptors (Lipinski definition) is 2. The number of carbonyl (C=O) groups is 1. The van der Waals surface area contributed by atoms with Gasteiger partial charge in [0.2, 0.25) is 5.91 Å². The summed E-state index contributed by atoms with van der Waals surface area (Å²) in [7, 11) is 0. The summed E-state index contributed by atoms with van der Waals surface area (Å²) >= 11 is 0. The molecular weight excluding hydrogens is 166 g/mol. The van der Waals surface area contributed by atoms with E-state index in [4.69, 9.17) is 5.73 Å². The van der Waals surface area contributed by atoms with Crippen LogP contribution in [-0.4, -0.2) is 17.1 Å². The van der Waals surface area contributed by atoms with Gasteiger partial charge >= 0.3 is 0 Å². The molecule has 0 spiro atoms. The Morgan fingerprint density at radius 1 is 1.38 bits per heavy atom. The Balaban J connectivity index is 3.64. The Bertz CT molecular complexity index is 146. The number of aliphatic hydroxyl groups is 1. The number of hydrogen-bond donors (Lipinski definition) is 2. The lowest BCUT2D eigenvalue weighted by Crippen LogP contribution is -2.31. The molecule has 3 N–H and O–H groups in total. The van der Waals surface area contributed by atoms with Crippen LogP contribution >= 0.6 is 0 Å². The number of carbonyl (C=O) groups excluding carboxylic acids is 1.